The van der Waals surface area contributed by atoms with Gasteiger partial charge in [-0.15, -0.1) is 0 Å². The van der Waals surface area contributed by atoms with E-state index < -0.39 is 0 Å². The molecule has 1 rings (SSSR count). The van der Waals surface area contributed by atoms with Gasteiger partial charge in [0.1, 0.15) is 5.75 Å². The summed E-state index contributed by atoms with van der Waals surface area (Å²) in [5.41, 5.74) is 0.331. The third-order valence-electron chi connectivity index (χ3n) is 1.45. The minimum Gasteiger partial charge on any atom is -0.505 e. The van der Waals surface area contributed by atoms with Crippen molar-refractivity contribution in [3.8, 4) is 5.75 Å². The number of hydrogen-bond donors (Lipinski definition) is 1. The zero-order valence-electron chi connectivity index (χ0n) is 6.27. The zero-order chi connectivity index (χ0) is 9.30. The Morgan fingerprint density at radius 2 is 2.17 bits per heavy atom. The maximum atomic E-state index is 10.9. The van der Waals surface area contributed by atoms with Gasteiger partial charge in [-0.25, -0.2) is 0 Å². The first-order valence-corrected chi connectivity index (χ1v) is 4.39. The Morgan fingerprint density at radius 3 is 2.67 bits per heavy atom. The van der Waals surface area contributed by atoms with Gasteiger partial charge < -0.3 is 5.11 Å². The van der Waals surface area contributed by atoms with Gasteiger partial charge in [0.2, 0.25) is 0 Å². The van der Waals surface area contributed by atoms with E-state index in [1.165, 1.54) is 6.92 Å². The maximum Gasteiger partial charge on any atom is 0.161 e. The molecule has 0 spiro atoms. The monoisotopic (exact) mass is 248 g/mol. The number of phenols is 1. The molecule has 1 N–H and O–H groups in total. The second kappa shape index (κ2) is 3.46. The predicted octanol–water partition coefficient (Wildman–Crippen LogP) is 3.01. The molecule has 0 aliphatic carbocycles. The van der Waals surface area contributed by atoms with Crippen LogP contribution in [0.25, 0.3) is 0 Å². The molecule has 0 heterocycles. The third kappa shape index (κ3) is 1.62. The fourth-order valence-corrected chi connectivity index (χ4v) is 1.56. The number of Topliss-reactive ketones (excluding diaryl/α,β-unsaturated/α-hetero) is 1. The molecular weight excluding hydrogens is 243 g/mol. The van der Waals surface area contributed by atoms with Crippen molar-refractivity contribution in [3.63, 3.8) is 0 Å². The molecule has 0 unspecified atom stereocenters. The average molecular weight is 249 g/mol. The minimum atomic E-state index is -0.164. The lowest BCUT2D eigenvalue weighted by atomic mass is 10.1. The molecule has 0 bridgehead atoms. The van der Waals surface area contributed by atoms with Crippen LogP contribution in [0.2, 0.25) is 5.02 Å². The van der Waals surface area contributed by atoms with Crippen LogP contribution in [0.4, 0.5) is 0 Å². The standard InChI is InChI=1S/C8H6BrClO2/c1-4(11)5-2-3-6(9)8(12)7(5)10/h2-3,12H,1H3. The van der Waals surface area contributed by atoms with E-state index in [0.29, 0.717) is 10.0 Å². The van der Waals surface area contributed by atoms with Crippen molar-refractivity contribution in [2.45, 2.75) is 6.92 Å². The van der Waals surface area contributed by atoms with Crippen LogP contribution in [-0.2, 0) is 0 Å². The van der Waals surface area contributed by atoms with Crippen molar-refractivity contribution in [2.24, 2.45) is 0 Å². The van der Waals surface area contributed by atoms with Gasteiger partial charge in [0.05, 0.1) is 9.50 Å². The van der Waals surface area contributed by atoms with Gasteiger partial charge in [-0.05, 0) is 35.0 Å². The van der Waals surface area contributed by atoms with Crippen molar-refractivity contribution < 1.29 is 9.90 Å². The summed E-state index contributed by atoms with van der Waals surface area (Å²) >= 11 is 8.78. The van der Waals surface area contributed by atoms with Gasteiger partial charge >= 0.3 is 0 Å². The number of aromatic hydroxyl groups is 1. The molecule has 0 aliphatic heterocycles. The van der Waals surface area contributed by atoms with Gasteiger partial charge in [0, 0.05) is 5.56 Å². The predicted molar refractivity (Wildman–Crippen MR) is 50.8 cm³/mol. The highest BCUT2D eigenvalue weighted by molar-refractivity contribution is 9.10. The van der Waals surface area contributed by atoms with Crippen molar-refractivity contribution >= 4 is 33.3 Å². The maximum absolute atomic E-state index is 10.9. The minimum absolute atomic E-state index is 0.0932. The molecule has 1 aromatic carbocycles. The lowest BCUT2D eigenvalue weighted by Crippen LogP contribution is -1.93. The van der Waals surface area contributed by atoms with E-state index in [-0.39, 0.29) is 16.6 Å². The molecule has 0 saturated heterocycles. The van der Waals surface area contributed by atoms with Gasteiger partial charge in [-0.3, -0.25) is 4.79 Å². The first-order chi connectivity index (χ1) is 5.54. The van der Waals surface area contributed by atoms with Gasteiger partial charge in [-0.2, -0.15) is 0 Å². The van der Waals surface area contributed by atoms with Crippen molar-refractivity contribution in [1.82, 2.24) is 0 Å². The van der Waals surface area contributed by atoms with E-state index in [4.69, 9.17) is 11.6 Å². The Labute approximate surface area is 83.3 Å². The Kier molecular flexibility index (Phi) is 2.75. The molecule has 2 nitrogen and oxygen atoms in total. The van der Waals surface area contributed by atoms with E-state index in [1.807, 2.05) is 0 Å². The van der Waals surface area contributed by atoms with Gasteiger partial charge in [0.25, 0.3) is 0 Å². The summed E-state index contributed by atoms with van der Waals surface area (Å²) in [4.78, 5) is 10.9. The van der Waals surface area contributed by atoms with Crippen LogP contribution in [-0.4, -0.2) is 10.9 Å². The largest absolute Gasteiger partial charge is 0.505 e. The molecule has 0 atom stereocenters. The number of phenolic OH excluding ortho intramolecular Hbond substituents is 1. The third-order valence-corrected chi connectivity index (χ3v) is 2.47. The summed E-state index contributed by atoms with van der Waals surface area (Å²) in [6, 6.07) is 3.15. The second-order valence-electron chi connectivity index (χ2n) is 2.31. The van der Waals surface area contributed by atoms with Crippen LogP contribution >= 0.6 is 27.5 Å². The molecule has 0 saturated carbocycles. The van der Waals surface area contributed by atoms with Crippen LogP contribution < -0.4 is 0 Å². The first-order valence-electron chi connectivity index (χ1n) is 3.22. The van der Waals surface area contributed by atoms with Gasteiger partial charge in [0.15, 0.2) is 5.78 Å². The van der Waals surface area contributed by atoms with Crippen molar-refractivity contribution in [2.75, 3.05) is 0 Å². The fraction of sp³-hybridized carbons (Fsp3) is 0.125. The summed E-state index contributed by atoms with van der Waals surface area (Å²) in [5.74, 6) is -0.257. The van der Waals surface area contributed by atoms with Crippen LogP contribution in [0.1, 0.15) is 17.3 Å². The molecule has 1 aromatic rings. The van der Waals surface area contributed by atoms with E-state index in [2.05, 4.69) is 15.9 Å². The highest BCUT2D eigenvalue weighted by Crippen LogP contribution is 2.34. The number of halogens is 2. The quantitative estimate of drug-likeness (QED) is 0.777. The highest BCUT2D eigenvalue weighted by Gasteiger charge is 2.11. The normalized spacial score (nSPS) is 9.92. The zero-order valence-corrected chi connectivity index (χ0v) is 8.61. The first kappa shape index (κ1) is 9.55. The number of ketones is 1. The molecule has 12 heavy (non-hydrogen) atoms. The Balaban J connectivity index is 3.36. The second-order valence-corrected chi connectivity index (χ2v) is 3.55. The van der Waals surface area contributed by atoms with E-state index in [9.17, 15) is 9.90 Å². The smallest absolute Gasteiger partial charge is 0.161 e. The highest BCUT2D eigenvalue weighted by atomic mass is 79.9. The van der Waals surface area contributed by atoms with Crippen molar-refractivity contribution in [1.29, 1.82) is 0 Å². The lowest BCUT2D eigenvalue weighted by molar-refractivity contribution is 0.101. The van der Waals surface area contributed by atoms with Gasteiger partial charge in [-0.1, -0.05) is 11.6 Å². The summed E-state index contributed by atoms with van der Waals surface area (Å²) in [7, 11) is 0. The molecule has 0 aliphatic rings. The number of benzene rings is 1. The Morgan fingerprint density at radius 1 is 1.58 bits per heavy atom. The molecular formula is C8H6BrClO2. The van der Waals surface area contributed by atoms with Crippen LogP contribution in [0.15, 0.2) is 16.6 Å². The number of carbonyl (C=O) groups is 1. The summed E-state index contributed by atoms with van der Waals surface area (Å²) in [6.07, 6.45) is 0. The summed E-state index contributed by atoms with van der Waals surface area (Å²) in [5, 5.41) is 9.40. The molecule has 0 amide bonds. The molecule has 0 fully saturated rings. The fourth-order valence-electron chi connectivity index (χ4n) is 0.813. The van der Waals surface area contributed by atoms with Crippen LogP contribution in [0, 0.1) is 0 Å². The molecule has 4 heteroatoms. The SMILES string of the molecule is CC(=O)c1ccc(Br)c(O)c1Cl. The average Bonchev–Trinajstić information content (AvgIpc) is 2.00. The van der Waals surface area contributed by atoms with Crippen LogP contribution in [0.3, 0.4) is 0 Å². The van der Waals surface area contributed by atoms with E-state index in [1.54, 1.807) is 12.1 Å². The number of hydrogen-bond acceptors (Lipinski definition) is 2. The van der Waals surface area contributed by atoms with Crippen LogP contribution in [0.5, 0.6) is 5.75 Å². The number of carbonyl (C=O) groups excluding carboxylic acids is 1. The Bertz CT molecular complexity index is 336. The van der Waals surface area contributed by atoms with E-state index >= 15 is 0 Å². The number of rotatable bonds is 1. The molecule has 0 aromatic heterocycles. The molecule has 64 valence electrons. The summed E-state index contributed by atoms with van der Waals surface area (Å²) in [6.45, 7) is 1.40. The van der Waals surface area contributed by atoms with E-state index in [0.717, 1.165) is 0 Å². The Hall–Kier alpha value is -0.540. The van der Waals surface area contributed by atoms with Crippen molar-refractivity contribution in [3.05, 3.63) is 27.2 Å². The molecule has 0 radical (unpaired) electrons. The topological polar surface area (TPSA) is 37.3 Å². The summed E-state index contributed by atoms with van der Waals surface area (Å²) < 4.78 is 0.484. The lowest BCUT2D eigenvalue weighted by Gasteiger charge is -2.03.